The molecule has 0 saturated heterocycles. The fourth-order valence-electron chi connectivity index (χ4n) is 0.838. The lowest BCUT2D eigenvalue weighted by molar-refractivity contribution is 0.552. The van der Waals surface area contributed by atoms with Gasteiger partial charge >= 0.3 is 0 Å². The molecule has 0 radical (unpaired) electrons. The molecule has 0 spiro atoms. The monoisotopic (exact) mass is 248 g/mol. The Morgan fingerprint density at radius 3 is 2.20 bits per heavy atom. The van der Waals surface area contributed by atoms with Crippen LogP contribution in [0.15, 0.2) is 17.6 Å². The lowest BCUT2D eigenvalue weighted by atomic mass is 10.2. The maximum absolute atomic E-state index is 12.0. The molecule has 0 aliphatic carbocycles. The Hall–Kier alpha value is -0.680. The lowest BCUT2D eigenvalue weighted by Crippen LogP contribution is -2.35. The van der Waals surface area contributed by atoms with E-state index in [2.05, 4.69) is 9.97 Å². The van der Waals surface area contributed by atoms with Crippen LogP contribution in [-0.2, 0) is 9.84 Å². The van der Waals surface area contributed by atoms with Gasteiger partial charge in [-0.3, -0.25) is 0 Å². The fourth-order valence-corrected chi connectivity index (χ4v) is 2.29. The van der Waals surface area contributed by atoms with Gasteiger partial charge in [-0.05, 0) is 26.3 Å². The number of nitrogens with zero attached hydrogens (tertiary/aromatic N) is 2. The highest BCUT2D eigenvalue weighted by molar-refractivity contribution is 7.92. The van der Waals surface area contributed by atoms with E-state index in [4.69, 9.17) is 11.6 Å². The molecule has 0 atom stereocenters. The molecular formula is C9H13ClN2O2S. The molecule has 0 saturated carbocycles. The van der Waals surface area contributed by atoms with Crippen LogP contribution >= 0.6 is 11.6 Å². The van der Waals surface area contributed by atoms with Gasteiger partial charge in [-0.1, -0.05) is 0 Å². The summed E-state index contributed by atoms with van der Waals surface area (Å²) in [5.74, 6) is 0.00652. The van der Waals surface area contributed by atoms with E-state index in [0.29, 0.717) is 0 Å². The van der Waals surface area contributed by atoms with Crippen LogP contribution in [0.5, 0.6) is 0 Å². The minimum Gasteiger partial charge on any atom is -0.227 e. The summed E-state index contributed by atoms with van der Waals surface area (Å²) in [7, 11) is -3.56. The molecule has 1 heterocycles. The fraction of sp³-hybridized carbons (Fsp3) is 0.556. The van der Waals surface area contributed by atoms with Crippen LogP contribution in [0.25, 0.3) is 0 Å². The van der Waals surface area contributed by atoms with Crippen molar-refractivity contribution in [1.82, 2.24) is 9.97 Å². The van der Waals surface area contributed by atoms with Gasteiger partial charge in [0.25, 0.3) is 0 Å². The van der Waals surface area contributed by atoms with Gasteiger partial charge in [0.05, 0.1) is 4.75 Å². The van der Waals surface area contributed by atoms with Crippen molar-refractivity contribution in [3.05, 3.63) is 18.0 Å². The average Bonchev–Trinajstić information content (AvgIpc) is 2.18. The third-order valence-electron chi connectivity index (χ3n) is 2.05. The first-order valence-corrected chi connectivity index (χ1v) is 6.42. The van der Waals surface area contributed by atoms with Crippen LogP contribution in [0.2, 0.25) is 0 Å². The van der Waals surface area contributed by atoms with Gasteiger partial charge in [-0.15, -0.1) is 11.6 Å². The summed E-state index contributed by atoms with van der Waals surface area (Å²) in [5.41, 5.74) is 0.817. The van der Waals surface area contributed by atoms with Gasteiger partial charge in [0.2, 0.25) is 15.0 Å². The van der Waals surface area contributed by atoms with Crippen molar-refractivity contribution >= 4 is 21.4 Å². The Balaban J connectivity index is 3.24. The number of alkyl halides is 1. The van der Waals surface area contributed by atoms with Crippen molar-refractivity contribution in [3.8, 4) is 0 Å². The van der Waals surface area contributed by atoms with Crippen molar-refractivity contribution in [2.45, 2.75) is 30.7 Å². The summed E-state index contributed by atoms with van der Waals surface area (Å²) < 4.78 is 22.9. The lowest BCUT2D eigenvalue weighted by Gasteiger charge is -2.20. The zero-order valence-electron chi connectivity index (χ0n) is 8.86. The summed E-state index contributed by atoms with van der Waals surface area (Å²) >= 11 is 5.62. The molecule has 6 heteroatoms. The van der Waals surface area contributed by atoms with E-state index in [-0.39, 0.29) is 11.0 Å². The van der Waals surface area contributed by atoms with Crippen molar-refractivity contribution in [1.29, 1.82) is 0 Å². The highest BCUT2D eigenvalue weighted by atomic mass is 35.5. The van der Waals surface area contributed by atoms with Gasteiger partial charge in [0.1, 0.15) is 0 Å². The SMILES string of the molecule is Cc1cnc(S(=O)(=O)C(C)(C)CCl)nc1. The summed E-state index contributed by atoms with van der Waals surface area (Å²) in [4.78, 5) is 7.61. The third-order valence-corrected chi connectivity index (χ3v) is 5.16. The van der Waals surface area contributed by atoms with Gasteiger partial charge in [0.15, 0.2) is 0 Å². The summed E-state index contributed by atoms with van der Waals surface area (Å²) in [6.45, 7) is 4.90. The van der Waals surface area contributed by atoms with Gasteiger partial charge in [-0.25, -0.2) is 18.4 Å². The standard InChI is InChI=1S/C9H13ClN2O2S/c1-7-4-11-8(12-5-7)15(13,14)9(2,3)6-10/h4-5H,6H2,1-3H3. The van der Waals surface area contributed by atoms with E-state index >= 15 is 0 Å². The molecule has 0 aromatic carbocycles. The minimum absolute atomic E-state index is 0.00652. The van der Waals surface area contributed by atoms with Crippen molar-refractivity contribution in [2.75, 3.05) is 5.88 Å². The van der Waals surface area contributed by atoms with E-state index < -0.39 is 14.6 Å². The zero-order chi connectivity index (χ0) is 11.7. The first-order chi connectivity index (χ1) is 6.81. The summed E-state index contributed by atoms with van der Waals surface area (Å²) in [6.07, 6.45) is 2.95. The maximum atomic E-state index is 12.0. The molecule has 4 nitrogen and oxygen atoms in total. The number of sulfone groups is 1. The third kappa shape index (κ3) is 2.29. The molecule has 84 valence electrons. The second kappa shape index (κ2) is 4.06. The highest BCUT2D eigenvalue weighted by Gasteiger charge is 2.37. The maximum Gasteiger partial charge on any atom is 0.247 e. The van der Waals surface area contributed by atoms with Gasteiger partial charge in [-0.2, -0.15) is 0 Å². The Bertz CT molecular complexity index is 440. The van der Waals surface area contributed by atoms with Crippen LogP contribution in [0.3, 0.4) is 0 Å². The van der Waals surface area contributed by atoms with Crippen molar-refractivity contribution < 1.29 is 8.42 Å². The van der Waals surface area contributed by atoms with Crippen molar-refractivity contribution in [3.63, 3.8) is 0 Å². The van der Waals surface area contributed by atoms with Crippen LogP contribution in [-0.4, -0.2) is 29.0 Å². The molecule has 0 unspecified atom stereocenters. The minimum atomic E-state index is -3.56. The molecule has 0 aliphatic rings. The molecule has 0 fully saturated rings. The number of halogens is 1. The zero-order valence-corrected chi connectivity index (χ0v) is 10.4. The predicted octanol–water partition coefficient (Wildman–Crippen LogP) is 1.58. The van der Waals surface area contributed by atoms with Crippen LogP contribution in [0.4, 0.5) is 0 Å². The molecule has 1 aromatic rings. The molecule has 0 amide bonds. The topological polar surface area (TPSA) is 59.9 Å². The Morgan fingerprint density at radius 2 is 1.80 bits per heavy atom. The number of aromatic nitrogens is 2. The Morgan fingerprint density at radius 1 is 1.33 bits per heavy atom. The Labute approximate surface area is 94.6 Å². The van der Waals surface area contributed by atoms with Gasteiger partial charge in [0, 0.05) is 18.3 Å². The van der Waals surface area contributed by atoms with Crippen LogP contribution in [0, 0.1) is 6.92 Å². The number of aryl methyl sites for hydroxylation is 1. The van der Waals surface area contributed by atoms with Crippen LogP contribution in [0.1, 0.15) is 19.4 Å². The number of hydrogen-bond acceptors (Lipinski definition) is 4. The van der Waals surface area contributed by atoms with Crippen LogP contribution < -0.4 is 0 Å². The smallest absolute Gasteiger partial charge is 0.227 e. The molecular weight excluding hydrogens is 236 g/mol. The van der Waals surface area contributed by atoms with Crippen molar-refractivity contribution in [2.24, 2.45) is 0 Å². The molecule has 0 aliphatic heterocycles. The first kappa shape index (κ1) is 12.4. The largest absolute Gasteiger partial charge is 0.247 e. The highest BCUT2D eigenvalue weighted by Crippen LogP contribution is 2.23. The molecule has 1 aromatic heterocycles. The summed E-state index contributed by atoms with van der Waals surface area (Å²) in [5, 5.41) is -0.168. The Kier molecular flexibility index (Phi) is 3.35. The second-order valence-corrected chi connectivity index (χ2v) is 6.68. The van der Waals surface area contributed by atoms with E-state index in [9.17, 15) is 8.42 Å². The van der Waals surface area contributed by atoms with E-state index in [1.807, 2.05) is 0 Å². The normalized spacial score (nSPS) is 12.8. The average molecular weight is 249 g/mol. The molecule has 15 heavy (non-hydrogen) atoms. The predicted molar refractivity (Wildman–Crippen MR) is 58.8 cm³/mol. The quantitative estimate of drug-likeness (QED) is 0.602. The number of hydrogen-bond donors (Lipinski definition) is 0. The second-order valence-electron chi connectivity index (χ2n) is 3.94. The van der Waals surface area contributed by atoms with Gasteiger partial charge < -0.3 is 0 Å². The van der Waals surface area contributed by atoms with E-state index in [0.717, 1.165) is 5.56 Å². The van der Waals surface area contributed by atoms with E-state index in [1.165, 1.54) is 12.4 Å². The molecule has 0 N–H and O–H groups in total. The molecule has 1 rings (SSSR count). The van der Waals surface area contributed by atoms with E-state index in [1.54, 1.807) is 20.8 Å². The summed E-state index contributed by atoms with van der Waals surface area (Å²) in [6, 6.07) is 0. The first-order valence-electron chi connectivity index (χ1n) is 4.40. The molecule has 0 bridgehead atoms. The number of rotatable bonds is 3.